The molecule has 8 heteroatoms. The van der Waals surface area contributed by atoms with Gasteiger partial charge in [0.15, 0.2) is 0 Å². The Balaban J connectivity index is 3.98. The van der Waals surface area contributed by atoms with Crippen molar-refractivity contribution in [2.75, 3.05) is 6.61 Å². The predicted octanol–water partition coefficient (Wildman–Crippen LogP) is 2.77. The molecule has 0 aliphatic heterocycles. The van der Waals surface area contributed by atoms with Gasteiger partial charge in [0.05, 0.1) is 0 Å². The average molecular weight is 278 g/mol. The van der Waals surface area contributed by atoms with Gasteiger partial charge in [-0.05, 0) is 18.3 Å². The van der Waals surface area contributed by atoms with Crippen LogP contribution >= 0.6 is 0 Å². The second kappa shape index (κ2) is 8.49. The van der Waals surface area contributed by atoms with E-state index in [2.05, 4.69) is 30.4 Å². The van der Waals surface area contributed by atoms with Crippen LogP contribution in [0.15, 0.2) is 0 Å². The molecule has 0 saturated heterocycles. The normalized spacial score (nSPS) is 12.8. The van der Waals surface area contributed by atoms with Crippen LogP contribution in [0.3, 0.4) is 0 Å². The SMILES string of the molecule is CCC(C)(C)CCCCC(CO[N+](=O)[O-])O[N+](=O)[O-]. The van der Waals surface area contributed by atoms with Gasteiger partial charge in [0.2, 0.25) is 0 Å². The molecule has 1 unspecified atom stereocenters. The molecule has 0 saturated carbocycles. The van der Waals surface area contributed by atoms with Crippen molar-refractivity contribution in [1.29, 1.82) is 0 Å². The number of hydrogen-bond acceptors (Lipinski definition) is 6. The van der Waals surface area contributed by atoms with Crippen LogP contribution in [0.4, 0.5) is 0 Å². The van der Waals surface area contributed by atoms with E-state index in [9.17, 15) is 20.2 Å². The first-order valence-corrected chi connectivity index (χ1v) is 6.35. The maximum Gasteiger partial charge on any atom is 0.294 e. The lowest BCUT2D eigenvalue weighted by molar-refractivity contribution is -0.790. The maximum absolute atomic E-state index is 10.3. The molecule has 0 fully saturated rings. The Bertz CT molecular complexity index is 295. The van der Waals surface area contributed by atoms with E-state index in [0.29, 0.717) is 12.8 Å². The quantitative estimate of drug-likeness (QED) is 0.327. The Kier molecular flexibility index (Phi) is 7.78. The number of rotatable bonds is 11. The third-order valence-electron chi connectivity index (χ3n) is 3.19. The van der Waals surface area contributed by atoms with E-state index in [1.165, 1.54) is 0 Å². The Morgan fingerprint density at radius 1 is 1.16 bits per heavy atom. The third-order valence-corrected chi connectivity index (χ3v) is 3.19. The van der Waals surface area contributed by atoms with Crippen LogP contribution in [0.25, 0.3) is 0 Å². The highest BCUT2D eigenvalue weighted by atomic mass is 17.0. The van der Waals surface area contributed by atoms with E-state index in [-0.39, 0.29) is 5.41 Å². The van der Waals surface area contributed by atoms with Crippen LogP contribution in [0, 0.1) is 25.6 Å². The van der Waals surface area contributed by atoms with Crippen molar-refractivity contribution in [3.63, 3.8) is 0 Å². The van der Waals surface area contributed by atoms with E-state index in [4.69, 9.17) is 0 Å². The number of unbranched alkanes of at least 4 members (excludes halogenated alkanes) is 1. The number of hydrogen-bond donors (Lipinski definition) is 0. The molecule has 112 valence electrons. The van der Waals surface area contributed by atoms with Gasteiger partial charge in [-0.1, -0.05) is 40.0 Å². The lowest BCUT2D eigenvalue weighted by Crippen LogP contribution is -2.24. The molecule has 0 radical (unpaired) electrons. The van der Waals surface area contributed by atoms with Gasteiger partial charge in [-0.15, -0.1) is 20.2 Å². The molecule has 1 atom stereocenters. The van der Waals surface area contributed by atoms with Gasteiger partial charge in [-0.3, -0.25) is 0 Å². The fourth-order valence-corrected chi connectivity index (χ4v) is 1.58. The van der Waals surface area contributed by atoms with Crippen LogP contribution in [-0.2, 0) is 9.68 Å². The molecule has 0 aliphatic rings. The first-order valence-electron chi connectivity index (χ1n) is 6.35. The maximum atomic E-state index is 10.3. The van der Waals surface area contributed by atoms with Crippen LogP contribution in [0.2, 0.25) is 0 Å². The fourth-order valence-electron chi connectivity index (χ4n) is 1.58. The zero-order chi connectivity index (χ0) is 14.9. The molecule has 0 N–H and O–H groups in total. The summed E-state index contributed by atoms with van der Waals surface area (Å²) in [4.78, 5) is 28.8. The molecular formula is C11H22N2O6. The van der Waals surface area contributed by atoms with E-state index < -0.39 is 22.9 Å². The summed E-state index contributed by atoms with van der Waals surface area (Å²) in [6.45, 7) is 6.02. The molecule has 0 aliphatic carbocycles. The van der Waals surface area contributed by atoms with Gasteiger partial charge >= 0.3 is 0 Å². The monoisotopic (exact) mass is 278 g/mol. The summed E-state index contributed by atoms with van der Waals surface area (Å²) in [6, 6.07) is 0. The van der Waals surface area contributed by atoms with Crippen molar-refractivity contribution >= 4 is 0 Å². The Hall–Kier alpha value is -1.60. The summed E-state index contributed by atoms with van der Waals surface area (Å²) < 4.78 is 0. The summed E-state index contributed by atoms with van der Waals surface area (Å²) >= 11 is 0. The highest BCUT2D eigenvalue weighted by Crippen LogP contribution is 2.27. The summed E-state index contributed by atoms with van der Waals surface area (Å²) in [5.74, 6) is 0. The van der Waals surface area contributed by atoms with Crippen molar-refractivity contribution in [1.82, 2.24) is 0 Å². The second-order valence-electron chi connectivity index (χ2n) is 5.23. The smallest absolute Gasteiger partial charge is 0.294 e. The molecular weight excluding hydrogens is 256 g/mol. The highest BCUT2D eigenvalue weighted by Gasteiger charge is 2.17. The zero-order valence-corrected chi connectivity index (χ0v) is 11.7. The first-order chi connectivity index (χ1) is 8.76. The minimum absolute atomic E-state index is 0.247. The minimum Gasteiger partial charge on any atom is -0.312 e. The van der Waals surface area contributed by atoms with Gasteiger partial charge in [0.1, 0.15) is 12.7 Å². The van der Waals surface area contributed by atoms with E-state index in [1.807, 2.05) is 0 Å². The highest BCUT2D eigenvalue weighted by molar-refractivity contribution is 4.66. The molecule has 19 heavy (non-hydrogen) atoms. The van der Waals surface area contributed by atoms with Crippen LogP contribution in [-0.4, -0.2) is 22.9 Å². The Morgan fingerprint density at radius 3 is 2.26 bits per heavy atom. The zero-order valence-electron chi connectivity index (χ0n) is 11.7. The van der Waals surface area contributed by atoms with Crippen molar-refractivity contribution < 1.29 is 19.8 Å². The average Bonchev–Trinajstić information content (AvgIpc) is 2.30. The van der Waals surface area contributed by atoms with E-state index >= 15 is 0 Å². The van der Waals surface area contributed by atoms with Crippen molar-refractivity contribution in [2.45, 2.75) is 59.0 Å². The molecule has 0 amide bonds. The van der Waals surface area contributed by atoms with Crippen LogP contribution in [0.1, 0.15) is 52.9 Å². The molecule has 0 spiro atoms. The van der Waals surface area contributed by atoms with E-state index in [0.717, 1.165) is 19.3 Å². The fraction of sp³-hybridized carbons (Fsp3) is 1.00. The third kappa shape index (κ3) is 10.0. The molecule has 0 bridgehead atoms. The number of nitrogens with zero attached hydrogens (tertiary/aromatic N) is 2. The first kappa shape index (κ1) is 17.4. The Morgan fingerprint density at radius 2 is 1.79 bits per heavy atom. The Labute approximate surface area is 112 Å². The standard InChI is InChI=1S/C11H22N2O6/c1-4-11(2,3)8-6-5-7-10(19-13(16)17)9-18-12(14)15/h10H,4-9H2,1-3H3. The molecule has 0 heterocycles. The lowest BCUT2D eigenvalue weighted by atomic mass is 9.84. The molecule has 0 rings (SSSR count). The molecule has 0 aromatic rings. The van der Waals surface area contributed by atoms with Crippen molar-refractivity contribution in [2.24, 2.45) is 5.41 Å². The topological polar surface area (TPSA) is 105 Å². The van der Waals surface area contributed by atoms with Gasteiger partial charge in [-0.2, -0.15) is 0 Å². The van der Waals surface area contributed by atoms with E-state index in [1.54, 1.807) is 0 Å². The second-order valence-corrected chi connectivity index (χ2v) is 5.23. The summed E-state index contributed by atoms with van der Waals surface area (Å²) in [5.41, 5.74) is 0.247. The minimum atomic E-state index is -0.976. The van der Waals surface area contributed by atoms with Crippen molar-refractivity contribution in [3.05, 3.63) is 20.2 Å². The lowest BCUT2D eigenvalue weighted by Gasteiger charge is -2.22. The van der Waals surface area contributed by atoms with Gasteiger partial charge in [-0.25, -0.2) is 0 Å². The summed E-state index contributed by atoms with van der Waals surface area (Å²) in [7, 11) is 0. The van der Waals surface area contributed by atoms with Crippen molar-refractivity contribution in [3.8, 4) is 0 Å². The largest absolute Gasteiger partial charge is 0.312 e. The molecule has 8 nitrogen and oxygen atoms in total. The van der Waals surface area contributed by atoms with Gasteiger partial charge < -0.3 is 9.68 Å². The van der Waals surface area contributed by atoms with Gasteiger partial charge in [0, 0.05) is 0 Å². The summed E-state index contributed by atoms with van der Waals surface area (Å²) in [6.07, 6.45) is 3.16. The summed E-state index contributed by atoms with van der Waals surface area (Å²) in [5, 5.41) is 18.4. The predicted molar refractivity (Wildman–Crippen MR) is 67.4 cm³/mol. The molecule has 0 aromatic heterocycles. The van der Waals surface area contributed by atoms with Crippen LogP contribution < -0.4 is 0 Å². The molecule has 0 aromatic carbocycles. The van der Waals surface area contributed by atoms with Crippen LogP contribution in [0.5, 0.6) is 0 Å². The van der Waals surface area contributed by atoms with Gasteiger partial charge in [0.25, 0.3) is 10.2 Å².